The van der Waals surface area contributed by atoms with Crippen LogP contribution in [0.4, 0.5) is 0 Å². The normalized spacial score (nSPS) is 15.7. The molecular weight excluding hydrogens is 354 g/mol. The lowest BCUT2D eigenvalue weighted by Crippen LogP contribution is -2.27. The van der Waals surface area contributed by atoms with Crippen molar-refractivity contribution in [1.82, 2.24) is 25.1 Å². The highest BCUT2D eigenvalue weighted by Gasteiger charge is 2.26. The summed E-state index contributed by atoms with van der Waals surface area (Å²) in [5.41, 5.74) is 5.75. The fraction of sp³-hybridized carbons (Fsp3) is 0.238. The van der Waals surface area contributed by atoms with E-state index < -0.39 is 0 Å². The van der Waals surface area contributed by atoms with Crippen LogP contribution < -0.4 is 5.32 Å². The number of nitrogens with one attached hydrogen (secondary N) is 1. The second kappa shape index (κ2) is 6.30. The summed E-state index contributed by atoms with van der Waals surface area (Å²) in [6.45, 7) is 3.78. The minimum atomic E-state index is -0.102. The third-order valence-electron chi connectivity index (χ3n) is 5.22. The predicted octanol–water partition coefficient (Wildman–Crippen LogP) is 3.42. The molecule has 1 aliphatic rings. The Kier molecular flexibility index (Phi) is 3.75. The van der Waals surface area contributed by atoms with Gasteiger partial charge in [-0.2, -0.15) is 5.10 Å². The Morgan fingerprint density at radius 3 is 2.93 bits per heavy atom. The van der Waals surface area contributed by atoms with Crippen molar-refractivity contribution in [2.75, 3.05) is 0 Å². The quantitative estimate of drug-likeness (QED) is 0.595. The summed E-state index contributed by atoms with van der Waals surface area (Å²) in [6.07, 6.45) is 5.26. The van der Waals surface area contributed by atoms with Crippen LogP contribution in [-0.2, 0) is 6.42 Å². The van der Waals surface area contributed by atoms with Crippen LogP contribution in [0.3, 0.4) is 0 Å². The fourth-order valence-corrected chi connectivity index (χ4v) is 3.81. The fourth-order valence-electron chi connectivity index (χ4n) is 3.81. The SMILES string of the molecule is Cc1ccn2ncc(C(=O)N[C@@H]3CCc4cc(-c5nnc(C)o5)ccc43)c2c1. The van der Waals surface area contributed by atoms with E-state index >= 15 is 0 Å². The van der Waals surface area contributed by atoms with Gasteiger partial charge in [0, 0.05) is 18.7 Å². The molecule has 1 atom stereocenters. The molecule has 3 aromatic heterocycles. The molecule has 7 nitrogen and oxygen atoms in total. The number of amides is 1. The van der Waals surface area contributed by atoms with E-state index in [9.17, 15) is 4.79 Å². The van der Waals surface area contributed by atoms with E-state index in [1.54, 1.807) is 17.6 Å². The number of carbonyl (C=O) groups excluding carboxylic acids is 1. The van der Waals surface area contributed by atoms with Crippen molar-refractivity contribution < 1.29 is 9.21 Å². The topological polar surface area (TPSA) is 85.3 Å². The Bertz CT molecular complexity index is 1210. The van der Waals surface area contributed by atoms with E-state index in [1.807, 2.05) is 37.4 Å². The maximum atomic E-state index is 12.9. The Morgan fingerprint density at radius 2 is 2.11 bits per heavy atom. The van der Waals surface area contributed by atoms with Crippen molar-refractivity contribution in [3.63, 3.8) is 0 Å². The molecule has 1 amide bonds. The Balaban J connectivity index is 1.40. The number of fused-ring (bicyclic) bond motifs is 2. The molecule has 0 unspecified atom stereocenters. The first-order chi connectivity index (χ1) is 13.6. The number of pyridine rings is 1. The number of hydrogen-bond acceptors (Lipinski definition) is 5. The van der Waals surface area contributed by atoms with Gasteiger partial charge < -0.3 is 9.73 Å². The van der Waals surface area contributed by atoms with Crippen molar-refractivity contribution >= 4 is 11.4 Å². The zero-order valence-electron chi connectivity index (χ0n) is 15.6. The summed E-state index contributed by atoms with van der Waals surface area (Å²) >= 11 is 0. The smallest absolute Gasteiger partial charge is 0.255 e. The van der Waals surface area contributed by atoms with Crippen molar-refractivity contribution in [1.29, 1.82) is 0 Å². The summed E-state index contributed by atoms with van der Waals surface area (Å²) in [5, 5.41) is 15.4. The average Bonchev–Trinajstić information content (AvgIpc) is 3.39. The van der Waals surface area contributed by atoms with Crippen LogP contribution in [0.5, 0.6) is 0 Å². The van der Waals surface area contributed by atoms with Crippen LogP contribution in [0.2, 0.25) is 0 Å². The van der Waals surface area contributed by atoms with Crippen LogP contribution in [0.15, 0.2) is 47.1 Å². The predicted molar refractivity (Wildman–Crippen MR) is 103 cm³/mol. The first kappa shape index (κ1) is 16.7. The summed E-state index contributed by atoms with van der Waals surface area (Å²) in [6, 6.07) is 10.0. The maximum absolute atomic E-state index is 12.9. The molecule has 7 heteroatoms. The molecule has 1 N–H and O–H groups in total. The van der Waals surface area contributed by atoms with Gasteiger partial charge in [-0.1, -0.05) is 6.07 Å². The lowest BCUT2D eigenvalue weighted by atomic mass is 10.0. The molecule has 0 bridgehead atoms. The van der Waals surface area contributed by atoms with Crippen LogP contribution in [0, 0.1) is 13.8 Å². The first-order valence-corrected chi connectivity index (χ1v) is 9.26. The van der Waals surface area contributed by atoms with Gasteiger partial charge in [0.1, 0.15) is 0 Å². The van der Waals surface area contributed by atoms with Gasteiger partial charge in [-0.15, -0.1) is 10.2 Å². The summed E-state index contributed by atoms with van der Waals surface area (Å²) in [7, 11) is 0. The van der Waals surface area contributed by atoms with Crippen molar-refractivity contribution in [2.45, 2.75) is 32.7 Å². The molecule has 140 valence electrons. The van der Waals surface area contributed by atoms with Gasteiger partial charge >= 0.3 is 0 Å². The highest BCUT2D eigenvalue weighted by molar-refractivity contribution is 6.00. The van der Waals surface area contributed by atoms with Crippen molar-refractivity contribution in [3.05, 3.63) is 70.9 Å². The Morgan fingerprint density at radius 1 is 1.21 bits per heavy atom. The second-order valence-corrected chi connectivity index (χ2v) is 7.20. The molecule has 0 fully saturated rings. The molecule has 0 saturated heterocycles. The van der Waals surface area contributed by atoms with Gasteiger partial charge in [0.15, 0.2) is 0 Å². The van der Waals surface area contributed by atoms with E-state index in [2.05, 4.69) is 26.7 Å². The third-order valence-corrected chi connectivity index (χ3v) is 5.22. The molecule has 0 radical (unpaired) electrons. The number of benzene rings is 1. The standard InChI is InChI=1S/C21H19N5O2/c1-12-7-8-26-19(9-12)17(11-22-26)20(27)23-18-6-4-14-10-15(3-5-16(14)18)21-25-24-13(2)28-21/h3,5,7-11,18H,4,6H2,1-2H3,(H,23,27)/t18-/m1/s1. The van der Waals surface area contributed by atoms with Gasteiger partial charge in [0.25, 0.3) is 5.91 Å². The number of aromatic nitrogens is 4. The molecular formula is C21H19N5O2. The number of aryl methyl sites for hydroxylation is 3. The molecule has 0 saturated carbocycles. The summed E-state index contributed by atoms with van der Waals surface area (Å²) < 4.78 is 7.24. The van der Waals surface area contributed by atoms with Crippen LogP contribution in [0.1, 0.15) is 45.4 Å². The van der Waals surface area contributed by atoms with Gasteiger partial charge in [0.2, 0.25) is 11.8 Å². The first-order valence-electron chi connectivity index (χ1n) is 9.26. The molecule has 3 heterocycles. The average molecular weight is 373 g/mol. The van der Waals surface area contributed by atoms with E-state index in [1.165, 1.54) is 5.56 Å². The van der Waals surface area contributed by atoms with E-state index in [-0.39, 0.29) is 11.9 Å². The van der Waals surface area contributed by atoms with Crippen LogP contribution >= 0.6 is 0 Å². The molecule has 5 rings (SSSR count). The van der Waals surface area contributed by atoms with Gasteiger partial charge in [-0.25, -0.2) is 4.52 Å². The van der Waals surface area contributed by atoms with E-state index in [0.29, 0.717) is 17.3 Å². The highest BCUT2D eigenvalue weighted by Crippen LogP contribution is 2.34. The summed E-state index contributed by atoms with van der Waals surface area (Å²) in [4.78, 5) is 12.9. The molecule has 1 aliphatic carbocycles. The van der Waals surface area contributed by atoms with Gasteiger partial charge in [0.05, 0.1) is 23.3 Å². The zero-order chi connectivity index (χ0) is 19.3. The van der Waals surface area contributed by atoms with Gasteiger partial charge in [-0.05, 0) is 60.7 Å². The van der Waals surface area contributed by atoms with Crippen LogP contribution in [0.25, 0.3) is 17.0 Å². The molecule has 0 spiro atoms. The minimum absolute atomic E-state index is 0.0132. The Labute approximate surface area is 161 Å². The number of carbonyl (C=O) groups is 1. The molecule has 4 aromatic rings. The molecule has 1 aromatic carbocycles. The number of rotatable bonds is 3. The number of hydrogen-bond donors (Lipinski definition) is 1. The zero-order valence-corrected chi connectivity index (χ0v) is 15.6. The van der Waals surface area contributed by atoms with E-state index in [4.69, 9.17) is 4.42 Å². The highest BCUT2D eigenvalue weighted by atomic mass is 16.4. The monoisotopic (exact) mass is 373 g/mol. The Hall–Kier alpha value is -3.48. The largest absolute Gasteiger partial charge is 0.421 e. The minimum Gasteiger partial charge on any atom is -0.421 e. The molecule has 28 heavy (non-hydrogen) atoms. The lowest BCUT2D eigenvalue weighted by Gasteiger charge is -2.14. The third kappa shape index (κ3) is 2.76. The van der Waals surface area contributed by atoms with Crippen molar-refractivity contribution in [2.24, 2.45) is 0 Å². The number of nitrogens with zero attached hydrogens (tertiary/aromatic N) is 4. The van der Waals surface area contributed by atoms with Crippen LogP contribution in [-0.4, -0.2) is 25.7 Å². The van der Waals surface area contributed by atoms with Gasteiger partial charge in [-0.3, -0.25) is 4.79 Å². The lowest BCUT2D eigenvalue weighted by molar-refractivity contribution is 0.0938. The second-order valence-electron chi connectivity index (χ2n) is 7.20. The molecule has 0 aliphatic heterocycles. The maximum Gasteiger partial charge on any atom is 0.255 e. The summed E-state index contributed by atoms with van der Waals surface area (Å²) in [5.74, 6) is 0.967. The van der Waals surface area contributed by atoms with E-state index in [0.717, 1.165) is 35.0 Å². The van der Waals surface area contributed by atoms with Crippen molar-refractivity contribution in [3.8, 4) is 11.5 Å².